The molecule has 1 heterocycles. The fourth-order valence-electron chi connectivity index (χ4n) is 3.26. The zero-order valence-corrected chi connectivity index (χ0v) is 14.0. The summed E-state index contributed by atoms with van der Waals surface area (Å²) in [5.41, 5.74) is 1.55. The highest BCUT2D eigenvalue weighted by Gasteiger charge is 2.51. The van der Waals surface area contributed by atoms with Gasteiger partial charge in [-0.05, 0) is 59.4 Å². The second kappa shape index (κ2) is 6.02. The quantitative estimate of drug-likeness (QED) is 0.732. The van der Waals surface area contributed by atoms with Crippen molar-refractivity contribution in [1.82, 2.24) is 5.32 Å². The molecule has 2 aromatic carbocycles. The van der Waals surface area contributed by atoms with Crippen molar-refractivity contribution in [3.8, 4) is 0 Å². The molecule has 0 atom stereocenters. The first-order chi connectivity index (χ1) is 11.7. The van der Waals surface area contributed by atoms with E-state index >= 15 is 0 Å². The smallest absolute Gasteiger partial charge is 0.230 e. The van der Waals surface area contributed by atoms with E-state index in [-0.39, 0.29) is 11.7 Å². The lowest BCUT2D eigenvalue weighted by Gasteiger charge is -2.15. The van der Waals surface area contributed by atoms with E-state index in [9.17, 15) is 9.18 Å². The number of thiophene rings is 1. The zero-order chi connectivity index (χ0) is 16.6. The van der Waals surface area contributed by atoms with Crippen molar-refractivity contribution >= 4 is 27.3 Å². The van der Waals surface area contributed by atoms with Gasteiger partial charge in [-0.2, -0.15) is 0 Å². The van der Waals surface area contributed by atoms with Crippen LogP contribution >= 0.6 is 11.3 Å². The Bertz CT molecular complexity index is 897. The van der Waals surface area contributed by atoms with Crippen LogP contribution in [0.25, 0.3) is 10.1 Å². The third-order valence-electron chi connectivity index (χ3n) is 4.80. The number of amides is 1. The summed E-state index contributed by atoms with van der Waals surface area (Å²) in [7, 11) is 0. The summed E-state index contributed by atoms with van der Waals surface area (Å²) in [6, 6.07) is 14.7. The van der Waals surface area contributed by atoms with Crippen LogP contribution in [0.3, 0.4) is 0 Å². The number of benzene rings is 2. The Kier molecular flexibility index (Phi) is 3.85. The molecule has 1 aliphatic rings. The Labute approximate surface area is 144 Å². The summed E-state index contributed by atoms with van der Waals surface area (Å²) in [6.07, 6.45) is 2.41. The van der Waals surface area contributed by atoms with Crippen molar-refractivity contribution in [2.24, 2.45) is 0 Å². The molecule has 2 nitrogen and oxygen atoms in total. The van der Waals surface area contributed by atoms with Gasteiger partial charge in [0.2, 0.25) is 5.91 Å². The lowest BCUT2D eigenvalue weighted by atomic mass is 9.95. The SMILES string of the molecule is O=C(NCCc1csc2ccccc12)C1(c2cccc(F)c2)CC1. The van der Waals surface area contributed by atoms with Crippen LogP contribution in [0, 0.1) is 5.82 Å². The van der Waals surface area contributed by atoms with Gasteiger partial charge >= 0.3 is 0 Å². The predicted octanol–water partition coefficient (Wildman–Crippen LogP) is 4.43. The highest BCUT2D eigenvalue weighted by atomic mass is 32.1. The molecule has 4 heteroatoms. The standard InChI is InChI=1S/C20H18FNOS/c21-16-5-3-4-15(12-16)20(9-10-20)19(23)22-11-8-14-13-24-18-7-2-1-6-17(14)18/h1-7,12-13H,8-11H2,(H,22,23). The van der Waals surface area contributed by atoms with Gasteiger partial charge in [0.25, 0.3) is 0 Å². The molecule has 4 rings (SSSR count). The fourth-order valence-corrected chi connectivity index (χ4v) is 4.26. The zero-order valence-electron chi connectivity index (χ0n) is 13.2. The van der Waals surface area contributed by atoms with Crippen LogP contribution in [0.5, 0.6) is 0 Å². The average Bonchev–Trinajstić information content (AvgIpc) is 3.32. The van der Waals surface area contributed by atoms with Crippen LogP contribution in [-0.4, -0.2) is 12.5 Å². The molecule has 24 heavy (non-hydrogen) atoms. The third-order valence-corrected chi connectivity index (χ3v) is 5.82. The van der Waals surface area contributed by atoms with Gasteiger partial charge in [0.1, 0.15) is 5.82 Å². The molecular formula is C20H18FNOS. The van der Waals surface area contributed by atoms with Gasteiger partial charge in [0.05, 0.1) is 5.41 Å². The number of rotatable bonds is 5. The Morgan fingerprint density at radius 1 is 1.17 bits per heavy atom. The van der Waals surface area contributed by atoms with Crippen LogP contribution < -0.4 is 5.32 Å². The second-order valence-electron chi connectivity index (χ2n) is 6.36. The topological polar surface area (TPSA) is 29.1 Å². The van der Waals surface area contributed by atoms with E-state index in [4.69, 9.17) is 0 Å². The minimum atomic E-state index is -0.515. The molecule has 0 bridgehead atoms. The molecule has 3 aromatic rings. The van der Waals surface area contributed by atoms with Crippen LogP contribution in [0.15, 0.2) is 53.9 Å². The van der Waals surface area contributed by atoms with Gasteiger partial charge < -0.3 is 5.32 Å². The van der Waals surface area contributed by atoms with E-state index in [1.807, 2.05) is 18.2 Å². The Morgan fingerprint density at radius 3 is 2.79 bits per heavy atom. The number of halogens is 1. The van der Waals surface area contributed by atoms with Gasteiger partial charge in [-0.25, -0.2) is 4.39 Å². The van der Waals surface area contributed by atoms with Crippen molar-refractivity contribution in [2.75, 3.05) is 6.54 Å². The molecule has 1 saturated carbocycles. The summed E-state index contributed by atoms with van der Waals surface area (Å²) in [5.74, 6) is -0.260. The highest BCUT2D eigenvalue weighted by Crippen LogP contribution is 2.48. The molecule has 0 saturated heterocycles. The molecule has 0 spiro atoms. The highest BCUT2D eigenvalue weighted by molar-refractivity contribution is 7.17. The first kappa shape index (κ1) is 15.3. The van der Waals surface area contributed by atoms with Gasteiger partial charge in [-0.15, -0.1) is 11.3 Å². The molecular weight excluding hydrogens is 321 g/mol. The minimum Gasteiger partial charge on any atom is -0.355 e. The number of fused-ring (bicyclic) bond motifs is 1. The molecule has 1 amide bonds. The summed E-state index contributed by atoms with van der Waals surface area (Å²) in [4.78, 5) is 12.6. The van der Waals surface area contributed by atoms with E-state index < -0.39 is 5.41 Å². The van der Waals surface area contributed by atoms with Crippen molar-refractivity contribution in [3.63, 3.8) is 0 Å². The molecule has 1 N–H and O–H groups in total. The van der Waals surface area contributed by atoms with Crippen LogP contribution in [0.2, 0.25) is 0 Å². The van der Waals surface area contributed by atoms with Gasteiger partial charge in [0.15, 0.2) is 0 Å². The van der Waals surface area contributed by atoms with Crippen LogP contribution in [0.1, 0.15) is 24.0 Å². The molecule has 0 unspecified atom stereocenters. The van der Waals surface area contributed by atoms with E-state index in [0.29, 0.717) is 6.54 Å². The molecule has 1 fully saturated rings. The van der Waals surface area contributed by atoms with E-state index in [1.54, 1.807) is 17.4 Å². The molecule has 122 valence electrons. The minimum absolute atomic E-state index is 0.0210. The first-order valence-electron chi connectivity index (χ1n) is 8.18. The van der Waals surface area contributed by atoms with E-state index in [1.165, 1.54) is 27.8 Å². The Morgan fingerprint density at radius 2 is 2.00 bits per heavy atom. The largest absolute Gasteiger partial charge is 0.355 e. The maximum Gasteiger partial charge on any atom is 0.230 e. The van der Waals surface area contributed by atoms with Crippen molar-refractivity contribution in [2.45, 2.75) is 24.7 Å². The van der Waals surface area contributed by atoms with E-state index in [2.05, 4.69) is 22.8 Å². The Balaban J connectivity index is 1.42. The number of hydrogen-bond acceptors (Lipinski definition) is 2. The molecule has 1 aliphatic carbocycles. The lowest BCUT2D eigenvalue weighted by Crippen LogP contribution is -2.36. The summed E-state index contributed by atoms with van der Waals surface area (Å²) >= 11 is 1.73. The predicted molar refractivity (Wildman–Crippen MR) is 95.9 cm³/mol. The number of nitrogens with one attached hydrogen (secondary N) is 1. The normalized spacial score (nSPS) is 15.4. The molecule has 0 radical (unpaired) electrons. The van der Waals surface area contributed by atoms with E-state index in [0.717, 1.165) is 24.8 Å². The third kappa shape index (κ3) is 2.71. The van der Waals surface area contributed by atoms with Gasteiger partial charge in [0, 0.05) is 11.2 Å². The summed E-state index contributed by atoms with van der Waals surface area (Å²) in [6.45, 7) is 0.608. The van der Waals surface area contributed by atoms with Crippen LogP contribution in [-0.2, 0) is 16.6 Å². The Hall–Kier alpha value is -2.20. The maximum atomic E-state index is 13.4. The maximum absolute atomic E-state index is 13.4. The second-order valence-corrected chi connectivity index (χ2v) is 7.27. The van der Waals surface area contributed by atoms with Crippen molar-refractivity contribution < 1.29 is 9.18 Å². The monoisotopic (exact) mass is 339 g/mol. The number of hydrogen-bond donors (Lipinski definition) is 1. The van der Waals surface area contributed by atoms with Crippen molar-refractivity contribution in [3.05, 3.63) is 70.9 Å². The van der Waals surface area contributed by atoms with Gasteiger partial charge in [-0.1, -0.05) is 30.3 Å². The number of carbonyl (C=O) groups is 1. The van der Waals surface area contributed by atoms with Crippen molar-refractivity contribution in [1.29, 1.82) is 0 Å². The molecule has 1 aromatic heterocycles. The summed E-state index contributed by atoms with van der Waals surface area (Å²) in [5, 5.41) is 6.48. The summed E-state index contributed by atoms with van der Waals surface area (Å²) < 4.78 is 14.7. The van der Waals surface area contributed by atoms with Crippen LogP contribution in [0.4, 0.5) is 4.39 Å². The first-order valence-corrected chi connectivity index (χ1v) is 9.06. The molecule has 0 aliphatic heterocycles. The number of carbonyl (C=O) groups excluding carboxylic acids is 1. The average molecular weight is 339 g/mol. The fraction of sp³-hybridized carbons (Fsp3) is 0.250. The van der Waals surface area contributed by atoms with Gasteiger partial charge in [-0.3, -0.25) is 4.79 Å². The lowest BCUT2D eigenvalue weighted by molar-refractivity contribution is -0.123.